The van der Waals surface area contributed by atoms with Gasteiger partial charge in [-0.1, -0.05) is 127 Å². The number of nitrogens with zero attached hydrogens (tertiary/aromatic N) is 3. The molecule has 0 N–H and O–H groups in total. The number of aromatic nitrogens is 2. The second kappa shape index (κ2) is 13.0. The van der Waals surface area contributed by atoms with E-state index < -0.39 is 5.41 Å². The number of fused-ring (bicyclic) bond motifs is 10. The lowest BCUT2D eigenvalue weighted by Gasteiger charge is -2.30. The second-order valence-electron chi connectivity index (χ2n) is 14.9. The highest BCUT2D eigenvalue weighted by molar-refractivity contribution is 5.96. The third-order valence-electron chi connectivity index (χ3n) is 11.8. The van der Waals surface area contributed by atoms with Crippen LogP contribution in [0.5, 0.6) is 0 Å². The summed E-state index contributed by atoms with van der Waals surface area (Å²) in [5, 5.41) is 10.1. The van der Waals surface area contributed by atoms with E-state index in [1.165, 1.54) is 38.9 Å². The average Bonchev–Trinajstić information content (AvgIpc) is 3.76. The zero-order chi connectivity index (χ0) is 37.9. The number of hydrogen-bond acceptors (Lipinski definition) is 3. The maximum atomic E-state index is 10.1. The molecular weight excluding hydrogens is 691 g/mol. The SMILES string of the molecule is N#Cc1ccc2c(c1)C1(c3ccccc3-c3ccccc31)c1cc(-c3cc(-c4ccncc4)cc(-c4cc(-c5ccccc5)nc(-c5ccccc5)c4)c3)ccc1-2. The summed E-state index contributed by atoms with van der Waals surface area (Å²) in [6.07, 6.45) is 3.71. The summed E-state index contributed by atoms with van der Waals surface area (Å²) in [4.78, 5) is 9.52. The summed E-state index contributed by atoms with van der Waals surface area (Å²) in [6.45, 7) is 0. The smallest absolute Gasteiger partial charge is 0.0991 e. The van der Waals surface area contributed by atoms with Crippen LogP contribution in [0.25, 0.3) is 78.1 Å². The number of rotatable bonds is 5. The molecule has 0 saturated heterocycles. The van der Waals surface area contributed by atoms with Crippen molar-refractivity contribution in [1.29, 1.82) is 5.26 Å². The van der Waals surface area contributed by atoms with E-state index in [1.807, 2.05) is 30.6 Å². The molecule has 2 aliphatic carbocycles. The lowest BCUT2D eigenvalue weighted by Crippen LogP contribution is -2.26. The van der Waals surface area contributed by atoms with Gasteiger partial charge in [0.2, 0.25) is 0 Å². The lowest BCUT2D eigenvalue weighted by atomic mass is 9.70. The van der Waals surface area contributed by atoms with Crippen LogP contribution in [0.3, 0.4) is 0 Å². The molecule has 9 aromatic rings. The van der Waals surface area contributed by atoms with Crippen LogP contribution < -0.4 is 0 Å². The van der Waals surface area contributed by atoms with Crippen molar-refractivity contribution in [2.24, 2.45) is 0 Å². The van der Waals surface area contributed by atoms with E-state index in [-0.39, 0.29) is 0 Å². The van der Waals surface area contributed by atoms with Crippen molar-refractivity contribution in [3.05, 3.63) is 228 Å². The van der Waals surface area contributed by atoms with Crippen LogP contribution in [0.4, 0.5) is 0 Å². The molecule has 11 rings (SSSR count). The van der Waals surface area contributed by atoms with E-state index in [0.717, 1.165) is 61.5 Å². The number of benzene rings is 7. The summed E-state index contributed by atoms with van der Waals surface area (Å²) in [6, 6.07) is 69.5. The molecule has 2 aliphatic rings. The maximum absolute atomic E-state index is 10.1. The quantitative estimate of drug-likeness (QED) is 0.178. The molecule has 264 valence electrons. The molecule has 0 fully saturated rings. The van der Waals surface area contributed by atoms with Crippen molar-refractivity contribution in [2.75, 3.05) is 0 Å². The van der Waals surface area contributed by atoms with E-state index in [1.54, 1.807) is 0 Å². The fourth-order valence-electron chi connectivity index (χ4n) is 9.27. The van der Waals surface area contributed by atoms with Gasteiger partial charge in [0.05, 0.1) is 28.4 Å². The van der Waals surface area contributed by atoms with Gasteiger partial charge >= 0.3 is 0 Å². The van der Waals surface area contributed by atoms with Crippen LogP contribution in [0.15, 0.2) is 200 Å². The van der Waals surface area contributed by atoms with Crippen LogP contribution in [0.1, 0.15) is 27.8 Å². The van der Waals surface area contributed by atoms with Crippen molar-refractivity contribution >= 4 is 0 Å². The van der Waals surface area contributed by atoms with Gasteiger partial charge in [-0.3, -0.25) is 4.98 Å². The van der Waals surface area contributed by atoms with Gasteiger partial charge < -0.3 is 0 Å². The van der Waals surface area contributed by atoms with Crippen molar-refractivity contribution in [3.8, 4) is 84.2 Å². The summed E-state index contributed by atoms with van der Waals surface area (Å²) in [5.41, 5.74) is 20.5. The van der Waals surface area contributed by atoms with Gasteiger partial charge in [-0.2, -0.15) is 5.26 Å². The fraction of sp³-hybridized carbons (Fsp3) is 0.0185. The Bertz CT molecular complexity index is 2970. The number of nitriles is 1. The fourth-order valence-corrected chi connectivity index (χ4v) is 9.27. The predicted molar refractivity (Wildman–Crippen MR) is 230 cm³/mol. The highest BCUT2D eigenvalue weighted by atomic mass is 14.7. The van der Waals surface area contributed by atoms with Gasteiger partial charge in [-0.25, -0.2) is 4.98 Å². The first kappa shape index (κ1) is 32.7. The Kier molecular flexibility index (Phi) is 7.45. The van der Waals surface area contributed by atoms with Crippen LogP contribution >= 0.6 is 0 Å². The minimum Gasteiger partial charge on any atom is -0.265 e. The topological polar surface area (TPSA) is 49.6 Å². The van der Waals surface area contributed by atoms with E-state index in [0.29, 0.717) is 5.56 Å². The Labute approximate surface area is 331 Å². The zero-order valence-corrected chi connectivity index (χ0v) is 30.9. The van der Waals surface area contributed by atoms with Gasteiger partial charge in [-0.05, 0) is 139 Å². The molecule has 0 unspecified atom stereocenters. The van der Waals surface area contributed by atoms with Crippen molar-refractivity contribution in [1.82, 2.24) is 9.97 Å². The second-order valence-corrected chi connectivity index (χ2v) is 14.9. The summed E-state index contributed by atoms with van der Waals surface area (Å²) in [7, 11) is 0. The lowest BCUT2D eigenvalue weighted by molar-refractivity contribution is 0.793. The Balaban J connectivity index is 1.16. The Hall–Kier alpha value is -7.67. The van der Waals surface area contributed by atoms with Crippen molar-refractivity contribution < 1.29 is 0 Å². The maximum Gasteiger partial charge on any atom is 0.0991 e. The molecule has 0 radical (unpaired) electrons. The van der Waals surface area contributed by atoms with Gasteiger partial charge in [0.15, 0.2) is 0 Å². The average molecular weight is 724 g/mol. The largest absolute Gasteiger partial charge is 0.265 e. The molecule has 0 aliphatic heterocycles. The normalized spacial score (nSPS) is 12.7. The van der Waals surface area contributed by atoms with E-state index in [4.69, 9.17) is 4.98 Å². The van der Waals surface area contributed by atoms with E-state index in [9.17, 15) is 5.26 Å². The van der Waals surface area contributed by atoms with Crippen LogP contribution in [0, 0.1) is 11.3 Å². The molecule has 2 heterocycles. The predicted octanol–water partition coefficient (Wildman–Crippen LogP) is 13.0. The molecule has 0 bridgehead atoms. The van der Waals surface area contributed by atoms with E-state index >= 15 is 0 Å². The minimum atomic E-state index is -0.563. The number of pyridine rings is 2. The molecule has 3 heteroatoms. The molecule has 0 atom stereocenters. The standard InChI is InChI=1S/C54H33N3/c55-34-35-19-21-46-47-22-20-39(31-51(47)54(50(46)27-35)48-17-9-7-15-44(48)45-16-8-10-18-49(45)54)41-28-40(36-23-25-56-26-24-36)29-42(30-41)43-32-52(37-11-3-1-4-12-37)57-53(33-43)38-13-5-2-6-14-38/h1-33H. The third-order valence-corrected chi connectivity index (χ3v) is 11.8. The molecule has 3 nitrogen and oxygen atoms in total. The third kappa shape index (κ3) is 5.12. The molecule has 7 aromatic carbocycles. The van der Waals surface area contributed by atoms with Crippen LogP contribution in [-0.2, 0) is 5.41 Å². The zero-order valence-electron chi connectivity index (χ0n) is 30.9. The van der Waals surface area contributed by atoms with Gasteiger partial charge in [-0.15, -0.1) is 0 Å². The highest BCUT2D eigenvalue weighted by Gasteiger charge is 2.51. The minimum absolute atomic E-state index is 0.563. The summed E-state index contributed by atoms with van der Waals surface area (Å²) >= 11 is 0. The van der Waals surface area contributed by atoms with Crippen molar-refractivity contribution in [2.45, 2.75) is 5.41 Å². The van der Waals surface area contributed by atoms with Gasteiger partial charge in [0, 0.05) is 23.5 Å². The molecule has 0 saturated carbocycles. The number of hydrogen-bond donors (Lipinski definition) is 0. The molecule has 1 spiro atoms. The molecular formula is C54H33N3. The first-order chi connectivity index (χ1) is 28.2. The van der Waals surface area contributed by atoms with Crippen molar-refractivity contribution in [3.63, 3.8) is 0 Å². The van der Waals surface area contributed by atoms with Crippen LogP contribution in [-0.4, -0.2) is 9.97 Å². The Morgan fingerprint density at radius 2 is 0.825 bits per heavy atom. The van der Waals surface area contributed by atoms with Gasteiger partial charge in [0.1, 0.15) is 0 Å². The molecule has 2 aromatic heterocycles. The van der Waals surface area contributed by atoms with Gasteiger partial charge in [0.25, 0.3) is 0 Å². The summed E-state index contributed by atoms with van der Waals surface area (Å²) < 4.78 is 0. The molecule has 0 amide bonds. The summed E-state index contributed by atoms with van der Waals surface area (Å²) in [5.74, 6) is 0. The Morgan fingerprint density at radius 1 is 0.351 bits per heavy atom. The monoisotopic (exact) mass is 723 g/mol. The highest BCUT2D eigenvalue weighted by Crippen LogP contribution is 2.63. The van der Waals surface area contributed by atoms with Crippen LogP contribution in [0.2, 0.25) is 0 Å². The molecule has 57 heavy (non-hydrogen) atoms. The Morgan fingerprint density at radius 3 is 1.42 bits per heavy atom. The first-order valence-corrected chi connectivity index (χ1v) is 19.3. The first-order valence-electron chi connectivity index (χ1n) is 19.3. The van der Waals surface area contributed by atoms with E-state index in [2.05, 4.69) is 181 Å².